The van der Waals surface area contributed by atoms with E-state index in [1.165, 1.54) is 0 Å². The van der Waals surface area contributed by atoms with Crippen LogP contribution in [0.4, 0.5) is 11.5 Å². The molecule has 0 fully saturated rings. The summed E-state index contributed by atoms with van der Waals surface area (Å²) in [6.07, 6.45) is 3.00. The molecular formula is C17H21N3O2. The Hall–Kier alpha value is -2.40. The zero-order chi connectivity index (χ0) is 15.6. The van der Waals surface area contributed by atoms with E-state index in [1.54, 1.807) is 19.4 Å². The lowest BCUT2D eigenvalue weighted by molar-refractivity contribution is -0.115. The second kappa shape index (κ2) is 8.79. The fraction of sp³-hybridized carbons (Fsp3) is 0.294. The molecule has 1 aromatic heterocycles. The molecule has 0 radical (unpaired) electrons. The summed E-state index contributed by atoms with van der Waals surface area (Å²) in [6.45, 7) is 1.56. The van der Waals surface area contributed by atoms with Gasteiger partial charge in [0.25, 0.3) is 0 Å². The Kier molecular flexibility index (Phi) is 6.39. The molecule has 0 atom stereocenters. The molecule has 2 N–H and O–H groups in total. The highest BCUT2D eigenvalue weighted by molar-refractivity contribution is 5.91. The molecule has 2 rings (SSSR count). The average Bonchev–Trinajstić information content (AvgIpc) is 2.54. The Morgan fingerprint density at radius 2 is 2.00 bits per heavy atom. The van der Waals surface area contributed by atoms with Gasteiger partial charge in [-0.15, -0.1) is 0 Å². The maximum Gasteiger partial charge on any atom is 0.229 e. The third kappa shape index (κ3) is 5.54. The molecule has 0 saturated heterocycles. The average molecular weight is 299 g/mol. The fourth-order valence-electron chi connectivity index (χ4n) is 1.99. The van der Waals surface area contributed by atoms with Crippen molar-refractivity contribution in [3.05, 3.63) is 54.2 Å². The minimum absolute atomic E-state index is 0.0699. The number of nitrogens with zero attached hydrogens (tertiary/aromatic N) is 1. The molecule has 22 heavy (non-hydrogen) atoms. The maximum absolute atomic E-state index is 11.9. The predicted molar refractivity (Wildman–Crippen MR) is 88.0 cm³/mol. The van der Waals surface area contributed by atoms with E-state index in [4.69, 9.17) is 4.74 Å². The zero-order valence-corrected chi connectivity index (χ0v) is 12.7. The second-order valence-electron chi connectivity index (χ2n) is 4.92. The van der Waals surface area contributed by atoms with Gasteiger partial charge in [0, 0.05) is 20.3 Å². The lowest BCUT2D eigenvalue weighted by atomic mass is 10.1. The summed E-state index contributed by atoms with van der Waals surface area (Å²) in [5, 5.41) is 6.04. The van der Waals surface area contributed by atoms with Crippen LogP contribution < -0.4 is 10.6 Å². The molecule has 2 aromatic rings. The summed E-state index contributed by atoms with van der Waals surface area (Å²) in [5.41, 5.74) is 1.91. The Labute approximate surface area is 130 Å². The summed E-state index contributed by atoms with van der Waals surface area (Å²) >= 11 is 0. The van der Waals surface area contributed by atoms with Gasteiger partial charge in [-0.3, -0.25) is 4.79 Å². The van der Waals surface area contributed by atoms with E-state index in [-0.39, 0.29) is 5.91 Å². The summed E-state index contributed by atoms with van der Waals surface area (Å²) in [5.74, 6) is 0.489. The number of carbonyl (C=O) groups is 1. The van der Waals surface area contributed by atoms with Crippen molar-refractivity contribution in [1.82, 2.24) is 4.98 Å². The standard InChI is InChI=1S/C17H21N3O2/c1-22-11-5-10-18-15-8-9-16(19-13-15)20-17(21)12-14-6-3-2-4-7-14/h2-4,6-9,13,18H,5,10-12H2,1H3,(H,19,20,21). The van der Waals surface area contributed by atoms with Gasteiger partial charge in [-0.05, 0) is 24.1 Å². The molecule has 1 aromatic carbocycles. The molecule has 0 aliphatic heterocycles. The summed E-state index contributed by atoms with van der Waals surface area (Å²) < 4.78 is 4.99. The van der Waals surface area contributed by atoms with Crippen molar-refractivity contribution in [2.24, 2.45) is 0 Å². The van der Waals surface area contributed by atoms with Gasteiger partial charge in [0.15, 0.2) is 0 Å². The quantitative estimate of drug-likeness (QED) is 0.736. The Balaban J connectivity index is 1.79. The SMILES string of the molecule is COCCCNc1ccc(NC(=O)Cc2ccccc2)nc1. The van der Waals surface area contributed by atoms with Crippen LogP contribution in [0, 0.1) is 0 Å². The number of aromatic nitrogens is 1. The van der Waals surface area contributed by atoms with E-state index in [1.807, 2.05) is 36.4 Å². The Morgan fingerprint density at radius 3 is 2.68 bits per heavy atom. The summed E-state index contributed by atoms with van der Waals surface area (Å²) in [6, 6.07) is 13.3. The monoisotopic (exact) mass is 299 g/mol. The number of pyridine rings is 1. The van der Waals surface area contributed by atoms with Crippen LogP contribution in [0.5, 0.6) is 0 Å². The van der Waals surface area contributed by atoms with Crippen molar-refractivity contribution >= 4 is 17.4 Å². The van der Waals surface area contributed by atoms with Crippen LogP contribution >= 0.6 is 0 Å². The van der Waals surface area contributed by atoms with Crippen LogP contribution in [0.25, 0.3) is 0 Å². The van der Waals surface area contributed by atoms with E-state index >= 15 is 0 Å². The number of amides is 1. The number of benzene rings is 1. The van der Waals surface area contributed by atoms with Crippen LogP contribution in [-0.2, 0) is 16.0 Å². The van der Waals surface area contributed by atoms with Crippen LogP contribution in [0.2, 0.25) is 0 Å². The Bertz CT molecular complexity index is 570. The minimum atomic E-state index is -0.0699. The van der Waals surface area contributed by atoms with Crippen molar-refractivity contribution in [3.63, 3.8) is 0 Å². The van der Waals surface area contributed by atoms with Crippen LogP contribution in [0.3, 0.4) is 0 Å². The molecule has 116 valence electrons. The van der Waals surface area contributed by atoms with Crippen LogP contribution in [-0.4, -0.2) is 31.2 Å². The van der Waals surface area contributed by atoms with E-state index in [9.17, 15) is 4.79 Å². The number of carbonyl (C=O) groups excluding carboxylic acids is 1. The number of nitrogens with one attached hydrogen (secondary N) is 2. The molecule has 1 heterocycles. The van der Waals surface area contributed by atoms with Gasteiger partial charge in [0.1, 0.15) is 5.82 Å². The third-order valence-corrected chi connectivity index (χ3v) is 3.09. The van der Waals surface area contributed by atoms with E-state index in [2.05, 4.69) is 15.6 Å². The molecule has 0 spiro atoms. The Morgan fingerprint density at radius 1 is 1.18 bits per heavy atom. The van der Waals surface area contributed by atoms with Crippen molar-refractivity contribution in [2.45, 2.75) is 12.8 Å². The van der Waals surface area contributed by atoms with Crippen molar-refractivity contribution in [1.29, 1.82) is 0 Å². The topological polar surface area (TPSA) is 63.2 Å². The number of methoxy groups -OCH3 is 1. The minimum Gasteiger partial charge on any atom is -0.385 e. The van der Waals surface area contributed by atoms with Gasteiger partial charge < -0.3 is 15.4 Å². The summed E-state index contributed by atoms with van der Waals surface area (Å²) in [4.78, 5) is 16.2. The first kappa shape index (κ1) is 16.0. The summed E-state index contributed by atoms with van der Waals surface area (Å²) in [7, 11) is 1.69. The second-order valence-corrected chi connectivity index (χ2v) is 4.92. The van der Waals surface area contributed by atoms with E-state index in [0.717, 1.165) is 30.8 Å². The lowest BCUT2D eigenvalue weighted by Crippen LogP contribution is -2.15. The fourth-order valence-corrected chi connectivity index (χ4v) is 1.99. The molecule has 0 bridgehead atoms. The number of ether oxygens (including phenoxy) is 1. The number of hydrogen-bond acceptors (Lipinski definition) is 4. The van der Waals surface area contributed by atoms with E-state index < -0.39 is 0 Å². The lowest BCUT2D eigenvalue weighted by Gasteiger charge is -2.08. The van der Waals surface area contributed by atoms with Gasteiger partial charge in [0.05, 0.1) is 18.3 Å². The van der Waals surface area contributed by atoms with Crippen LogP contribution in [0.15, 0.2) is 48.7 Å². The van der Waals surface area contributed by atoms with Gasteiger partial charge in [0.2, 0.25) is 5.91 Å². The normalized spacial score (nSPS) is 10.2. The highest BCUT2D eigenvalue weighted by Gasteiger charge is 2.04. The van der Waals surface area contributed by atoms with Gasteiger partial charge >= 0.3 is 0 Å². The molecule has 0 unspecified atom stereocenters. The number of rotatable bonds is 8. The first-order valence-corrected chi connectivity index (χ1v) is 7.30. The number of hydrogen-bond donors (Lipinski definition) is 2. The van der Waals surface area contributed by atoms with Crippen molar-refractivity contribution in [3.8, 4) is 0 Å². The molecule has 0 saturated carbocycles. The maximum atomic E-state index is 11.9. The molecule has 5 heteroatoms. The largest absolute Gasteiger partial charge is 0.385 e. The smallest absolute Gasteiger partial charge is 0.229 e. The third-order valence-electron chi connectivity index (χ3n) is 3.09. The van der Waals surface area contributed by atoms with Gasteiger partial charge in [-0.1, -0.05) is 30.3 Å². The number of anilines is 2. The van der Waals surface area contributed by atoms with E-state index in [0.29, 0.717) is 12.2 Å². The molecule has 1 amide bonds. The molecule has 5 nitrogen and oxygen atoms in total. The highest BCUT2D eigenvalue weighted by Crippen LogP contribution is 2.10. The van der Waals surface area contributed by atoms with Crippen molar-refractivity contribution in [2.75, 3.05) is 30.9 Å². The predicted octanol–water partition coefficient (Wildman–Crippen LogP) is 2.71. The van der Waals surface area contributed by atoms with Gasteiger partial charge in [-0.25, -0.2) is 4.98 Å². The highest BCUT2D eigenvalue weighted by atomic mass is 16.5. The molecular weight excluding hydrogens is 278 g/mol. The first-order chi connectivity index (χ1) is 10.8. The van der Waals surface area contributed by atoms with Gasteiger partial charge in [-0.2, -0.15) is 0 Å². The van der Waals surface area contributed by atoms with Crippen LogP contribution in [0.1, 0.15) is 12.0 Å². The van der Waals surface area contributed by atoms with Crippen molar-refractivity contribution < 1.29 is 9.53 Å². The molecule has 0 aliphatic rings. The molecule has 0 aliphatic carbocycles. The zero-order valence-electron chi connectivity index (χ0n) is 12.7. The first-order valence-electron chi connectivity index (χ1n) is 7.30.